The first-order chi connectivity index (χ1) is 25.3. The molecule has 0 aromatic rings. The molecule has 0 bridgehead atoms. The number of aliphatic carboxylic acids is 1. The normalized spacial score (nSPS) is 47.1. The molecular formula is C29H50N2O23. The Balaban J connectivity index is 1.52. The number of ether oxygens (including phenoxy) is 7. The zero-order chi connectivity index (χ0) is 40.4. The minimum atomic E-state index is -2.83. The molecule has 25 nitrogen and oxygen atoms in total. The van der Waals surface area contributed by atoms with Crippen molar-refractivity contribution < 1.29 is 114 Å². The lowest BCUT2D eigenvalue weighted by Gasteiger charge is -2.49. The lowest BCUT2D eigenvalue weighted by atomic mass is 9.89. The summed E-state index contributed by atoms with van der Waals surface area (Å²) in [6.07, 6.45) is -34.4. The van der Waals surface area contributed by atoms with Gasteiger partial charge in [0.15, 0.2) is 18.9 Å². The van der Waals surface area contributed by atoms with Gasteiger partial charge in [0.25, 0.3) is 5.79 Å². The van der Waals surface area contributed by atoms with Crippen molar-refractivity contribution >= 4 is 11.9 Å². The van der Waals surface area contributed by atoms with Gasteiger partial charge in [0.2, 0.25) is 5.91 Å². The lowest BCUT2D eigenvalue weighted by molar-refractivity contribution is -0.373. The van der Waals surface area contributed by atoms with E-state index >= 15 is 0 Å². The van der Waals surface area contributed by atoms with Gasteiger partial charge in [-0.1, -0.05) is 0 Å². The summed E-state index contributed by atoms with van der Waals surface area (Å²) in [5.74, 6) is -5.49. The summed E-state index contributed by atoms with van der Waals surface area (Å²) >= 11 is 0. The first-order valence-corrected chi connectivity index (χ1v) is 16.8. The van der Waals surface area contributed by atoms with Crippen molar-refractivity contribution in [1.29, 1.82) is 0 Å². The van der Waals surface area contributed by atoms with Crippen LogP contribution in [0.3, 0.4) is 0 Å². The van der Waals surface area contributed by atoms with Crippen LogP contribution in [-0.2, 0) is 42.7 Å². The van der Waals surface area contributed by atoms with Crippen molar-refractivity contribution in [2.75, 3.05) is 26.4 Å². The van der Waals surface area contributed by atoms with E-state index in [2.05, 4.69) is 5.32 Å². The van der Waals surface area contributed by atoms with Crippen LogP contribution < -0.4 is 11.1 Å². The number of rotatable bonds is 14. The zero-order valence-corrected chi connectivity index (χ0v) is 28.6. The van der Waals surface area contributed by atoms with Crippen molar-refractivity contribution in [3.63, 3.8) is 0 Å². The highest BCUT2D eigenvalue weighted by molar-refractivity contribution is 5.76. The summed E-state index contributed by atoms with van der Waals surface area (Å²) in [5.41, 5.74) is 5.85. The number of aliphatic hydroxyl groups is 13. The van der Waals surface area contributed by atoms with Gasteiger partial charge in [-0.25, -0.2) is 4.79 Å². The highest BCUT2D eigenvalue weighted by Crippen LogP contribution is 2.35. The third kappa shape index (κ3) is 9.28. The predicted octanol–water partition coefficient (Wildman–Crippen LogP) is -10.4. The van der Waals surface area contributed by atoms with Crippen LogP contribution in [0.1, 0.15) is 13.3 Å². The van der Waals surface area contributed by atoms with Gasteiger partial charge >= 0.3 is 5.97 Å². The number of aliphatic hydroxyl groups excluding tert-OH is 13. The van der Waals surface area contributed by atoms with Crippen molar-refractivity contribution in [2.45, 2.75) is 142 Å². The Hall–Kier alpha value is -1.90. The van der Waals surface area contributed by atoms with Crippen LogP contribution in [0, 0.1) is 0 Å². The zero-order valence-electron chi connectivity index (χ0n) is 28.6. The van der Waals surface area contributed by atoms with Gasteiger partial charge in [0.1, 0.15) is 91.5 Å². The number of carbonyl (C=O) groups is 2. The van der Waals surface area contributed by atoms with Crippen LogP contribution in [0.4, 0.5) is 0 Å². The molecular weight excluding hydrogens is 744 g/mol. The molecule has 0 aliphatic carbocycles. The highest BCUT2D eigenvalue weighted by atomic mass is 16.8. The number of hydrogen-bond acceptors (Lipinski definition) is 23. The molecule has 1 amide bonds. The number of carboxylic acid groups (broad SMARTS) is 1. The number of nitrogens with one attached hydrogen (secondary N) is 1. The fourth-order valence-corrected chi connectivity index (χ4v) is 6.54. The van der Waals surface area contributed by atoms with Gasteiger partial charge in [-0.15, -0.1) is 0 Å². The van der Waals surface area contributed by atoms with E-state index in [1.807, 2.05) is 0 Å². The second-order valence-electron chi connectivity index (χ2n) is 13.4. The van der Waals surface area contributed by atoms with Gasteiger partial charge in [-0.2, -0.15) is 0 Å². The maximum atomic E-state index is 12.4. The van der Waals surface area contributed by atoms with Crippen LogP contribution in [0.25, 0.3) is 0 Å². The molecule has 0 aromatic heterocycles. The lowest BCUT2D eigenvalue weighted by Crippen LogP contribution is -2.69. The minimum absolute atomic E-state index is 0.785. The number of amides is 1. The van der Waals surface area contributed by atoms with E-state index in [4.69, 9.17) is 38.9 Å². The van der Waals surface area contributed by atoms with E-state index in [1.165, 1.54) is 0 Å². The van der Waals surface area contributed by atoms with Crippen molar-refractivity contribution in [1.82, 2.24) is 5.32 Å². The maximum absolute atomic E-state index is 12.4. The molecule has 4 aliphatic rings. The first-order valence-electron chi connectivity index (χ1n) is 16.8. The van der Waals surface area contributed by atoms with Crippen LogP contribution in [-0.4, -0.2) is 238 Å². The Morgan fingerprint density at radius 2 is 1.39 bits per heavy atom. The summed E-state index contributed by atoms with van der Waals surface area (Å²) in [5, 5.41) is 147. The molecule has 21 atom stereocenters. The minimum Gasteiger partial charge on any atom is -0.477 e. The Bertz CT molecular complexity index is 1240. The molecule has 0 saturated carbocycles. The van der Waals surface area contributed by atoms with E-state index in [0.717, 1.165) is 6.92 Å². The Morgan fingerprint density at radius 3 is 1.96 bits per heavy atom. The van der Waals surface area contributed by atoms with Crippen LogP contribution in [0.2, 0.25) is 0 Å². The maximum Gasteiger partial charge on any atom is 0.364 e. The molecule has 0 aromatic carbocycles. The van der Waals surface area contributed by atoms with Crippen LogP contribution in [0.15, 0.2) is 0 Å². The van der Waals surface area contributed by atoms with Crippen LogP contribution >= 0.6 is 0 Å². The number of hydrogen-bond donors (Lipinski definition) is 16. The number of nitrogens with two attached hydrogens (primary N) is 1. The summed E-state index contributed by atoms with van der Waals surface area (Å²) in [6, 6.07) is -3.13. The third-order valence-electron chi connectivity index (χ3n) is 9.67. The predicted molar refractivity (Wildman–Crippen MR) is 165 cm³/mol. The van der Waals surface area contributed by atoms with Crippen molar-refractivity contribution in [3.8, 4) is 0 Å². The van der Waals surface area contributed by atoms with Crippen LogP contribution in [0.5, 0.6) is 0 Å². The first kappa shape index (κ1) is 44.8. The highest BCUT2D eigenvalue weighted by Gasteiger charge is 2.57. The summed E-state index contributed by atoms with van der Waals surface area (Å²) in [6.45, 7) is -2.73. The van der Waals surface area contributed by atoms with E-state index in [0.29, 0.717) is 0 Å². The molecule has 314 valence electrons. The average Bonchev–Trinajstić information content (AvgIpc) is 3.13. The molecule has 4 heterocycles. The molecule has 17 N–H and O–H groups in total. The Morgan fingerprint density at radius 1 is 0.796 bits per heavy atom. The van der Waals surface area contributed by atoms with Crippen molar-refractivity contribution in [3.05, 3.63) is 0 Å². The molecule has 0 radical (unpaired) electrons. The monoisotopic (exact) mass is 794 g/mol. The Kier molecular flexibility index (Phi) is 15.4. The second-order valence-corrected chi connectivity index (χ2v) is 13.4. The molecule has 4 aliphatic heterocycles. The van der Waals surface area contributed by atoms with Crippen molar-refractivity contribution in [2.24, 2.45) is 5.73 Å². The SMILES string of the molecule is CC(=O)N[C@H]1[C@H](O[C@@H]2C(O)O[C@H](CO)[C@@H](O)[C@@H]2O)O[C@H](CO)[C@@H](O[C@@H]2O[C@H](CO[C@@]3(C(=O)O)C[C@H](O)[C@@H](N)[C@H]([C@H](O)[C@H](O)CO)O3)[C@H](O)[C@H](O)[C@H]2O)[C@@H]1O. The second kappa shape index (κ2) is 18.6. The molecule has 1 unspecified atom stereocenters. The fourth-order valence-electron chi connectivity index (χ4n) is 6.54. The molecule has 25 heteroatoms. The topological polar surface area (TPSA) is 420 Å². The molecule has 54 heavy (non-hydrogen) atoms. The van der Waals surface area contributed by atoms with E-state index in [1.54, 1.807) is 0 Å². The molecule has 0 spiro atoms. The molecule has 4 fully saturated rings. The fraction of sp³-hybridized carbons (Fsp3) is 0.931. The quantitative estimate of drug-likeness (QED) is 0.0776. The molecule has 4 rings (SSSR count). The van der Waals surface area contributed by atoms with Gasteiger partial charge in [0, 0.05) is 13.3 Å². The van der Waals surface area contributed by atoms with E-state index < -0.39 is 173 Å². The Labute approximate surface area is 305 Å². The molecule has 4 saturated heterocycles. The smallest absolute Gasteiger partial charge is 0.364 e. The van der Waals surface area contributed by atoms with E-state index in [-0.39, 0.29) is 0 Å². The standard InChI is InChI=1S/C29H50N2O23/c1-7(35)31-14-18(41)22(11(5-34)50-26(14)53-24-20(43)16(39)10(4-33)49-25(24)45)52-27-21(44)19(42)17(40)12(51-27)6-48-29(28(46)47)2-8(36)13(30)23(54-29)15(38)9(37)3-32/h8-27,32-34,36-45H,2-6,30H2,1H3,(H,31,35)(H,46,47)/t8-,9+,10+,11+,12+,13+,14+,15+,16+,17-,18+,19-,20-,21+,22+,23+,24-,25?,26-,27-,29-/m0/s1. The third-order valence-corrected chi connectivity index (χ3v) is 9.67. The van der Waals surface area contributed by atoms with Gasteiger partial charge < -0.3 is 116 Å². The summed E-state index contributed by atoms with van der Waals surface area (Å²) in [7, 11) is 0. The van der Waals surface area contributed by atoms with Gasteiger partial charge in [-0.3, -0.25) is 4.79 Å². The van der Waals surface area contributed by atoms with E-state index in [9.17, 15) is 81.1 Å². The largest absolute Gasteiger partial charge is 0.477 e. The summed E-state index contributed by atoms with van der Waals surface area (Å²) < 4.78 is 38.5. The number of carbonyl (C=O) groups excluding carboxylic acids is 1. The van der Waals surface area contributed by atoms with Gasteiger partial charge in [-0.05, 0) is 0 Å². The van der Waals surface area contributed by atoms with Gasteiger partial charge in [0.05, 0.1) is 38.6 Å². The summed E-state index contributed by atoms with van der Waals surface area (Å²) in [4.78, 5) is 24.5. The number of carboxylic acids is 1. The average molecular weight is 795 g/mol.